The fraction of sp³-hybridized carbons (Fsp3) is 0.444. The van der Waals surface area contributed by atoms with Crippen LogP contribution in [0.4, 0.5) is 0 Å². The van der Waals surface area contributed by atoms with Gasteiger partial charge in [-0.15, -0.1) is 0 Å². The topological polar surface area (TPSA) is 34.1 Å². The van der Waals surface area contributed by atoms with Crippen LogP contribution < -0.4 is 0 Å². The van der Waals surface area contributed by atoms with E-state index < -0.39 is 32.0 Å². The maximum atomic E-state index is 10.6. The molecule has 1 aliphatic rings. The summed E-state index contributed by atoms with van der Waals surface area (Å²) in [6.07, 6.45) is 6.30. The van der Waals surface area contributed by atoms with Gasteiger partial charge in [0.15, 0.2) is 0 Å². The summed E-state index contributed by atoms with van der Waals surface area (Å²) < 4.78 is 27.1. The predicted molar refractivity (Wildman–Crippen MR) is 58.1 cm³/mol. The monoisotopic (exact) mass is 394 g/mol. The van der Waals surface area contributed by atoms with E-state index in [1.54, 1.807) is 6.08 Å². The van der Waals surface area contributed by atoms with E-state index in [0.717, 1.165) is 0 Å². The Bertz CT molecular complexity index is 366. The van der Waals surface area contributed by atoms with Gasteiger partial charge in [-0.05, 0) is 0 Å². The molecular weight excluding hydrogens is 381 g/mol. The summed E-state index contributed by atoms with van der Waals surface area (Å²) in [6, 6.07) is 0. The molecule has 72 valence electrons. The normalized spacial score (nSPS) is 16.2. The van der Waals surface area contributed by atoms with Crippen molar-refractivity contribution in [1.82, 2.24) is 0 Å². The van der Waals surface area contributed by atoms with Crippen LogP contribution in [0.5, 0.6) is 0 Å². The van der Waals surface area contributed by atoms with E-state index in [1.165, 1.54) is 9.70 Å². The summed E-state index contributed by atoms with van der Waals surface area (Å²) in [4.78, 5) is 0.502. The molecule has 1 rings (SSSR count). The zero-order valence-electron chi connectivity index (χ0n) is 7.82. The van der Waals surface area contributed by atoms with Crippen LogP contribution in [-0.4, -0.2) is 35.0 Å². The molecule has 0 aromatic rings. The molecule has 2 nitrogen and oxygen atoms in total. The summed E-state index contributed by atoms with van der Waals surface area (Å²) in [5, 5.41) is 0. The molecule has 0 saturated heterocycles. The second kappa shape index (κ2) is 5.06. The first-order valence-electron chi connectivity index (χ1n) is 4.06. The van der Waals surface area contributed by atoms with Crippen LogP contribution in [0.3, 0.4) is 0 Å². The van der Waals surface area contributed by atoms with Gasteiger partial charge in [-0.25, -0.2) is 0 Å². The van der Waals surface area contributed by atoms with Gasteiger partial charge in [-0.2, -0.15) is 0 Å². The SMILES string of the molecule is [CH3][Bi]([CH3])[CH2]C1=CCC(=S(=O)=O)C=C1. The minimum absolute atomic E-state index is 0.502. The van der Waals surface area contributed by atoms with E-state index in [1.807, 2.05) is 12.2 Å². The molecule has 0 atom stereocenters. The van der Waals surface area contributed by atoms with Crippen molar-refractivity contribution in [3.63, 3.8) is 0 Å². The van der Waals surface area contributed by atoms with Gasteiger partial charge in [0.25, 0.3) is 0 Å². The van der Waals surface area contributed by atoms with Gasteiger partial charge in [0, 0.05) is 0 Å². The van der Waals surface area contributed by atoms with Gasteiger partial charge in [0.1, 0.15) is 0 Å². The third-order valence-electron chi connectivity index (χ3n) is 1.76. The summed E-state index contributed by atoms with van der Waals surface area (Å²) in [6.45, 7) is 0. The Hall–Kier alpha value is 0.0531. The molecule has 0 amide bonds. The molecule has 1 aliphatic carbocycles. The second-order valence-electron chi connectivity index (χ2n) is 3.26. The number of hydrogen-bond acceptors (Lipinski definition) is 2. The number of hydrogen-bond donors (Lipinski definition) is 0. The average molecular weight is 394 g/mol. The van der Waals surface area contributed by atoms with E-state index >= 15 is 0 Å². The van der Waals surface area contributed by atoms with Crippen LogP contribution in [0, 0.1) is 0 Å². The molecule has 0 heterocycles. The summed E-state index contributed by atoms with van der Waals surface area (Å²) >= 11 is -1.13. The van der Waals surface area contributed by atoms with E-state index in [4.69, 9.17) is 0 Å². The van der Waals surface area contributed by atoms with Crippen molar-refractivity contribution >= 4 is 36.9 Å². The summed E-state index contributed by atoms with van der Waals surface area (Å²) in [5.74, 6) is 0. The molecule has 0 unspecified atom stereocenters. The first-order chi connectivity index (χ1) is 6.09. The molecule has 0 N–H and O–H groups in total. The van der Waals surface area contributed by atoms with E-state index in [0.29, 0.717) is 11.3 Å². The van der Waals surface area contributed by atoms with Crippen molar-refractivity contribution in [3.8, 4) is 0 Å². The van der Waals surface area contributed by atoms with Crippen molar-refractivity contribution in [3.05, 3.63) is 23.8 Å². The molecule has 4 heteroatoms. The first-order valence-corrected chi connectivity index (χ1v) is 14.6. The van der Waals surface area contributed by atoms with Gasteiger partial charge >= 0.3 is 88.9 Å². The third-order valence-corrected chi connectivity index (χ3v) is 6.37. The zero-order chi connectivity index (χ0) is 9.84. The molecule has 0 aliphatic heterocycles. The Morgan fingerprint density at radius 3 is 2.46 bits per heavy atom. The second-order valence-corrected chi connectivity index (χ2v) is 13.9. The molecule has 0 aromatic carbocycles. The zero-order valence-corrected chi connectivity index (χ0v) is 12.1. The Morgan fingerprint density at radius 1 is 1.38 bits per heavy atom. The molecule has 0 radical (unpaired) electrons. The first kappa shape index (κ1) is 11.1. The van der Waals surface area contributed by atoms with Crippen LogP contribution in [-0.2, 0) is 10.3 Å². The van der Waals surface area contributed by atoms with Crippen molar-refractivity contribution in [2.24, 2.45) is 0 Å². The molecule has 0 aromatic heterocycles. The molecule has 0 spiro atoms. The molecular formula is C9H13BiO2S. The minimum atomic E-state index is -2.03. The standard InChI is InChI=1S/C7H7O2S.2CH3.Bi/c1-6-2-4-7(5-3-6)10(8)9;;;/h2-4H,1,5H2;2*1H3;. The number of rotatable bonds is 2. The van der Waals surface area contributed by atoms with Crippen molar-refractivity contribution in [1.29, 1.82) is 0 Å². The Balaban J connectivity index is 2.71. The fourth-order valence-electron chi connectivity index (χ4n) is 1.17. The van der Waals surface area contributed by atoms with Crippen LogP contribution in [0.1, 0.15) is 6.42 Å². The van der Waals surface area contributed by atoms with Gasteiger partial charge in [0.05, 0.1) is 0 Å². The van der Waals surface area contributed by atoms with E-state index in [2.05, 4.69) is 9.26 Å². The van der Waals surface area contributed by atoms with Crippen molar-refractivity contribution in [2.45, 2.75) is 19.8 Å². The Kier molecular flexibility index (Phi) is 4.34. The number of allylic oxidation sites excluding steroid dienone is 4. The van der Waals surface area contributed by atoms with Crippen molar-refractivity contribution in [2.75, 3.05) is 0 Å². The molecule has 0 bridgehead atoms. The summed E-state index contributed by atoms with van der Waals surface area (Å²) in [7, 11) is -2.03. The third kappa shape index (κ3) is 3.74. The fourth-order valence-corrected chi connectivity index (χ4v) is 5.32. The van der Waals surface area contributed by atoms with Crippen LogP contribution in [0.2, 0.25) is 13.4 Å². The Labute approximate surface area is 88.6 Å². The van der Waals surface area contributed by atoms with Gasteiger partial charge in [-0.1, -0.05) is 0 Å². The van der Waals surface area contributed by atoms with Crippen molar-refractivity contribution < 1.29 is 8.42 Å². The van der Waals surface area contributed by atoms with Gasteiger partial charge < -0.3 is 0 Å². The summed E-state index contributed by atoms with van der Waals surface area (Å²) in [5.41, 5.74) is 1.33. The average Bonchev–Trinajstić information content (AvgIpc) is 2.04. The van der Waals surface area contributed by atoms with Gasteiger partial charge in [-0.3, -0.25) is 0 Å². The maximum absolute atomic E-state index is 10.6. The van der Waals surface area contributed by atoms with Crippen LogP contribution >= 0.6 is 0 Å². The van der Waals surface area contributed by atoms with Gasteiger partial charge in [0.2, 0.25) is 0 Å². The molecule has 0 fully saturated rings. The molecule has 13 heavy (non-hydrogen) atoms. The predicted octanol–water partition coefficient (Wildman–Crippen LogP) is 1.68. The molecule has 0 saturated carbocycles. The van der Waals surface area contributed by atoms with Crippen LogP contribution in [0.25, 0.3) is 0 Å². The Morgan fingerprint density at radius 2 is 2.08 bits per heavy atom. The van der Waals surface area contributed by atoms with E-state index in [-0.39, 0.29) is 0 Å². The van der Waals surface area contributed by atoms with E-state index in [9.17, 15) is 8.42 Å². The quantitative estimate of drug-likeness (QED) is 0.528. The van der Waals surface area contributed by atoms with Crippen LogP contribution in [0.15, 0.2) is 23.8 Å².